The maximum Gasteiger partial charge on any atom is 0.187 e. The molecule has 0 aliphatic carbocycles. The Morgan fingerprint density at radius 1 is 1.62 bits per heavy atom. The molecule has 44 valence electrons. The number of dihydropyridines is 1. The molecule has 3 heteroatoms. The highest BCUT2D eigenvalue weighted by Gasteiger charge is 1.98. The molecule has 0 aromatic heterocycles. The lowest BCUT2D eigenvalue weighted by Crippen LogP contribution is -2.14. The molecular formula is C5H5BrFN. The molecule has 0 radical (unpaired) electrons. The van der Waals surface area contributed by atoms with Crippen molar-refractivity contribution >= 4 is 15.9 Å². The van der Waals surface area contributed by atoms with Gasteiger partial charge in [-0.1, -0.05) is 15.9 Å². The van der Waals surface area contributed by atoms with Crippen LogP contribution < -0.4 is 5.32 Å². The lowest BCUT2D eigenvalue weighted by atomic mass is 10.4. The average Bonchev–Trinajstić information content (AvgIpc) is 1.77. The molecule has 1 nitrogen and oxygen atoms in total. The third-order valence-corrected chi connectivity index (χ3v) is 1.38. The largest absolute Gasteiger partial charge is 0.357 e. The van der Waals surface area contributed by atoms with Crippen molar-refractivity contribution in [2.75, 3.05) is 6.54 Å². The van der Waals surface area contributed by atoms with Crippen molar-refractivity contribution in [1.29, 1.82) is 0 Å². The Morgan fingerprint density at radius 2 is 2.38 bits per heavy atom. The van der Waals surface area contributed by atoms with Gasteiger partial charge in [-0.15, -0.1) is 0 Å². The van der Waals surface area contributed by atoms with Crippen LogP contribution in [0.15, 0.2) is 22.6 Å². The summed E-state index contributed by atoms with van der Waals surface area (Å²) in [5.74, 6) is -0.270. The molecule has 0 bridgehead atoms. The van der Waals surface area contributed by atoms with Crippen LogP contribution in [0.3, 0.4) is 0 Å². The van der Waals surface area contributed by atoms with Crippen molar-refractivity contribution in [1.82, 2.24) is 5.32 Å². The standard InChI is InChI=1S/C5H5BrFN/c6-4-1-2-5(7)8-3-4/h1-2,8H,3H2. The maximum atomic E-state index is 12.0. The van der Waals surface area contributed by atoms with Gasteiger partial charge in [0.15, 0.2) is 5.95 Å². The number of halogens is 2. The lowest BCUT2D eigenvalue weighted by molar-refractivity contribution is 0.555. The zero-order valence-electron chi connectivity index (χ0n) is 4.12. The Morgan fingerprint density at radius 3 is 2.75 bits per heavy atom. The molecule has 0 atom stereocenters. The molecule has 0 amide bonds. The zero-order chi connectivity index (χ0) is 5.98. The Bertz CT molecular complexity index is 133. The molecule has 0 fully saturated rings. The van der Waals surface area contributed by atoms with Gasteiger partial charge in [0.2, 0.25) is 0 Å². The highest BCUT2D eigenvalue weighted by molar-refractivity contribution is 9.11. The van der Waals surface area contributed by atoms with Crippen LogP contribution in [0.2, 0.25) is 0 Å². The number of hydrogen-bond acceptors (Lipinski definition) is 1. The molecule has 1 aliphatic rings. The molecule has 0 saturated carbocycles. The van der Waals surface area contributed by atoms with E-state index in [9.17, 15) is 4.39 Å². The summed E-state index contributed by atoms with van der Waals surface area (Å²) < 4.78 is 13.0. The fourth-order valence-corrected chi connectivity index (χ4v) is 0.723. The van der Waals surface area contributed by atoms with Crippen LogP contribution in [0.25, 0.3) is 0 Å². The van der Waals surface area contributed by atoms with E-state index in [0.717, 1.165) is 4.48 Å². The van der Waals surface area contributed by atoms with E-state index in [1.165, 1.54) is 6.08 Å². The van der Waals surface area contributed by atoms with Crippen LogP contribution in [0.4, 0.5) is 4.39 Å². The topological polar surface area (TPSA) is 12.0 Å². The molecule has 0 spiro atoms. The summed E-state index contributed by atoms with van der Waals surface area (Å²) in [7, 11) is 0. The molecule has 0 aromatic carbocycles. The normalized spacial score (nSPS) is 18.8. The van der Waals surface area contributed by atoms with Gasteiger partial charge in [-0.25, -0.2) is 0 Å². The van der Waals surface area contributed by atoms with E-state index < -0.39 is 0 Å². The lowest BCUT2D eigenvalue weighted by Gasteiger charge is -2.05. The first-order valence-corrected chi connectivity index (χ1v) is 3.04. The number of nitrogens with one attached hydrogen (secondary N) is 1. The van der Waals surface area contributed by atoms with Crippen molar-refractivity contribution < 1.29 is 4.39 Å². The van der Waals surface area contributed by atoms with Crippen molar-refractivity contribution in [3.05, 3.63) is 22.6 Å². The number of hydrogen-bond donors (Lipinski definition) is 1. The molecule has 8 heavy (non-hydrogen) atoms. The number of allylic oxidation sites excluding steroid dienone is 2. The van der Waals surface area contributed by atoms with E-state index in [1.54, 1.807) is 6.08 Å². The van der Waals surface area contributed by atoms with Crippen LogP contribution in [-0.2, 0) is 0 Å². The SMILES string of the molecule is FC1=CC=C(Br)CN1. The van der Waals surface area contributed by atoms with Gasteiger partial charge in [0.05, 0.1) is 0 Å². The van der Waals surface area contributed by atoms with Gasteiger partial charge in [0.25, 0.3) is 0 Å². The highest BCUT2D eigenvalue weighted by Crippen LogP contribution is 2.09. The summed E-state index contributed by atoms with van der Waals surface area (Å²) >= 11 is 3.20. The van der Waals surface area contributed by atoms with Gasteiger partial charge in [0, 0.05) is 11.0 Å². The minimum absolute atomic E-state index is 0.270. The summed E-state index contributed by atoms with van der Waals surface area (Å²) in [6, 6.07) is 0. The van der Waals surface area contributed by atoms with Gasteiger partial charge in [-0.2, -0.15) is 4.39 Å². The number of rotatable bonds is 0. The Kier molecular flexibility index (Phi) is 1.68. The van der Waals surface area contributed by atoms with Crippen molar-refractivity contribution in [2.24, 2.45) is 0 Å². The third-order valence-electron chi connectivity index (χ3n) is 0.837. The second kappa shape index (κ2) is 2.31. The second-order valence-electron chi connectivity index (χ2n) is 1.48. The maximum absolute atomic E-state index is 12.0. The van der Waals surface area contributed by atoms with E-state index in [2.05, 4.69) is 21.2 Å². The van der Waals surface area contributed by atoms with Crippen LogP contribution in [0.5, 0.6) is 0 Å². The van der Waals surface area contributed by atoms with Crippen molar-refractivity contribution in [2.45, 2.75) is 0 Å². The summed E-state index contributed by atoms with van der Waals surface area (Å²) in [4.78, 5) is 0. The fraction of sp³-hybridized carbons (Fsp3) is 0.200. The smallest absolute Gasteiger partial charge is 0.187 e. The molecule has 1 N–H and O–H groups in total. The molecule has 1 aliphatic heterocycles. The quantitative estimate of drug-likeness (QED) is 0.556. The summed E-state index contributed by atoms with van der Waals surface area (Å²) in [5.41, 5.74) is 0. The predicted octanol–water partition coefficient (Wildman–Crippen LogP) is 1.68. The Labute approximate surface area is 55.4 Å². The van der Waals surface area contributed by atoms with Crippen LogP contribution in [-0.4, -0.2) is 6.54 Å². The van der Waals surface area contributed by atoms with Gasteiger partial charge < -0.3 is 5.32 Å². The Balaban J connectivity index is 2.65. The van der Waals surface area contributed by atoms with Crippen molar-refractivity contribution in [3.8, 4) is 0 Å². The molecule has 0 saturated heterocycles. The molecule has 0 unspecified atom stereocenters. The first-order valence-electron chi connectivity index (χ1n) is 2.25. The molecule has 0 aromatic rings. The van der Waals surface area contributed by atoms with Crippen molar-refractivity contribution in [3.63, 3.8) is 0 Å². The van der Waals surface area contributed by atoms with Gasteiger partial charge in [0.1, 0.15) is 0 Å². The van der Waals surface area contributed by atoms with Crippen LogP contribution in [0, 0.1) is 0 Å². The average molecular weight is 178 g/mol. The Hall–Kier alpha value is -0.310. The molecule has 1 rings (SSSR count). The molecular weight excluding hydrogens is 173 g/mol. The predicted molar refractivity (Wildman–Crippen MR) is 34.2 cm³/mol. The van der Waals surface area contributed by atoms with E-state index in [-0.39, 0.29) is 5.95 Å². The summed E-state index contributed by atoms with van der Waals surface area (Å²) in [5, 5.41) is 2.51. The van der Waals surface area contributed by atoms with E-state index in [4.69, 9.17) is 0 Å². The first-order chi connectivity index (χ1) is 3.79. The van der Waals surface area contributed by atoms with Crippen LogP contribution >= 0.6 is 15.9 Å². The van der Waals surface area contributed by atoms with Gasteiger partial charge in [-0.05, 0) is 12.2 Å². The fourth-order valence-electron chi connectivity index (χ4n) is 0.450. The first kappa shape index (κ1) is 5.82. The third kappa shape index (κ3) is 1.33. The van der Waals surface area contributed by atoms with E-state index in [1.807, 2.05) is 0 Å². The van der Waals surface area contributed by atoms with Crippen LogP contribution in [0.1, 0.15) is 0 Å². The van der Waals surface area contributed by atoms with Gasteiger partial charge >= 0.3 is 0 Å². The zero-order valence-corrected chi connectivity index (χ0v) is 5.70. The second-order valence-corrected chi connectivity index (χ2v) is 2.50. The minimum atomic E-state index is -0.270. The minimum Gasteiger partial charge on any atom is -0.357 e. The van der Waals surface area contributed by atoms with Gasteiger partial charge in [-0.3, -0.25) is 0 Å². The summed E-state index contributed by atoms with van der Waals surface area (Å²) in [6.45, 7) is 0.558. The molecule has 1 heterocycles. The van der Waals surface area contributed by atoms with E-state index >= 15 is 0 Å². The van der Waals surface area contributed by atoms with E-state index in [0.29, 0.717) is 6.54 Å². The summed E-state index contributed by atoms with van der Waals surface area (Å²) in [6.07, 6.45) is 3.07. The highest BCUT2D eigenvalue weighted by atomic mass is 79.9. The monoisotopic (exact) mass is 177 g/mol.